The van der Waals surface area contributed by atoms with E-state index in [4.69, 9.17) is 15.5 Å². The number of nitrogens with two attached hydrogens (primary N) is 1. The predicted octanol–water partition coefficient (Wildman–Crippen LogP) is 5.23. The molecule has 0 amide bonds. The zero-order valence-corrected chi connectivity index (χ0v) is 23.0. The maximum atomic E-state index is 9.42. The molecule has 2 aliphatic carbocycles. The summed E-state index contributed by atoms with van der Waals surface area (Å²) >= 11 is 0. The molecule has 0 aromatic heterocycles. The van der Waals surface area contributed by atoms with Crippen molar-refractivity contribution in [3.05, 3.63) is 76.9 Å². The predicted molar refractivity (Wildman–Crippen MR) is 153 cm³/mol. The van der Waals surface area contributed by atoms with Crippen molar-refractivity contribution in [3.63, 3.8) is 0 Å². The van der Waals surface area contributed by atoms with E-state index in [1.54, 1.807) is 0 Å². The van der Waals surface area contributed by atoms with Crippen LogP contribution in [0.4, 0.5) is 0 Å². The highest BCUT2D eigenvalue weighted by atomic mass is 16.5. The molecular formula is C31H44N4O2. The number of likely N-dealkylation sites (tertiary alicyclic amines) is 1. The van der Waals surface area contributed by atoms with Crippen molar-refractivity contribution in [2.75, 3.05) is 19.7 Å². The third-order valence-electron chi connectivity index (χ3n) is 7.84. The van der Waals surface area contributed by atoms with Gasteiger partial charge < -0.3 is 25.8 Å². The van der Waals surface area contributed by atoms with E-state index in [-0.39, 0.29) is 18.2 Å². The number of fused-ring (bicyclic) bond motifs is 1. The molecule has 1 fully saturated rings. The van der Waals surface area contributed by atoms with Gasteiger partial charge in [-0.3, -0.25) is 4.99 Å². The lowest BCUT2D eigenvalue weighted by molar-refractivity contribution is 0.0292. The number of piperidine rings is 1. The summed E-state index contributed by atoms with van der Waals surface area (Å²) in [5, 5.41) is 13.1. The number of aliphatic imine (C=N–C) groups is 1. The summed E-state index contributed by atoms with van der Waals surface area (Å²) in [5.41, 5.74) is 14.3. The number of allylic oxidation sites excluding steroid dienone is 3. The third kappa shape index (κ3) is 6.55. The van der Waals surface area contributed by atoms with E-state index < -0.39 is 0 Å². The summed E-state index contributed by atoms with van der Waals surface area (Å²) < 4.78 is 5.89. The van der Waals surface area contributed by atoms with Gasteiger partial charge in [-0.05, 0) is 99.6 Å². The first-order chi connectivity index (χ1) is 17.8. The molecule has 1 aliphatic heterocycles. The molecule has 4 rings (SSSR count). The van der Waals surface area contributed by atoms with Gasteiger partial charge >= 0.3 is 0 Å². The van der Waals surface area contributed by atoms with Crippen LogP contribution in [0.15, 0.2) is 65.2 Å². The minimum absolute atomic E-state index is 0.0502. The average Bonchev–Trinajstić information content (AvgIpc) is 3.30. The van der Waals surface area contributed by atoms with Gasteiger partial charge in [0.05, 0.1) is 18.0 Å². The Balaban J connectivity index is 1.43. The van der Waals surface area contributed by atoms with Gasteiger partial charge in [-0.1, -0.05) is 30.9 Å². The lowest BCUT2D eigenvalue weighted by Gasteiger charge is -2.35. The Labute approximate surface area is 222 Å². The lowest BCUT2D eigenvalue weighted by Crippen LogP contribution is -2.39. The van der Waals surface area contributed by atoms with E-state index in [1.165, 1.54) is 16.7 Å². The van der Waals surface area contributed by atoms with Crippen molar-refractivity contribution >= 4 is 11.3 Å². The molecular weight excluding hydrogens is 460 g/mol. The van der Waals surface area contributed by atoms with Crippen LogP contribution in [-0.4, -0.2) is 47.6 Å². The van der Waals surface area contributed by atoms with Crippen LogP contribution < -0.4 is 11.1 Å². The zero-order chi connectivity index (χ0) is 26.5. The van der Waals surface area contributed by atoms with E-state index in [0.717, 1.165) is 73.6 Å². The monoisotopic (exact) mass is 504 g/mol. The number of aliphatic hydroxyl groups excluding tert-OH is 1. The summed E-state index contributed by atoms with van der Waals surface area (Å²) in [6.45, 7) is 14.8. The van der Waals surface area contributed by atoms with Gasteiger partial charge in [-0.15, -0.1) is 0 Å². The fourth-order valence-electron chi connectivity index (χ4n) is 5.61. The fourth-order valence-corrected chi connectivity index (χ4v) is 5.61. The van der Waals surface area contributed by atoms with Crippen LogP contribution in [0.25, 0.3) is 5.57 Å². The molecule has 4 N–H and O–H groups in total. The van der Waals surface area contributed by atoms with Crippen LogP contribution in [0.1, 0.15) is 76.1 Å². The summed E-state index contributed by atoms with van der Waals surface area (Å²) in [7, 11) is 0. The maximum absolute atomic E-state index is 9.42. The highest BCUT2D eigenvalue weighted by Gasteiger charge is 2.27. The molecule has 6 nitrogen and oxygen atoms in total. The van der Waals surface area contributed by atoms with E-state index >= 15 is 0 Å². The highest BCUT2D eigenvalue weighted by Crippen LogP contribution is 2.37. The summed E-state index contributed by atoms with van der Waals surface area (Å²) in [6.07, 6.45) is 11.2. The number of hydrogen-bond acceptors (Lipinski definition) is 6. The molecule has 1 heterocycles. The topological polar surface area (TPSA) is 83.1 Å². The molecule has 200 valence electrons. The number of benzene rings is 1. The second kappa shape index (κ2) is 12.1. The summed E-state index contributed by atoms with van der Waals surface area (Å²) in [5.74, 6) is 1.43. The summed E-state index contributed by atoms with van der Waals surface area (Å²) in [6, 6.07) is 6.88. The maximum Gasteiger partial charge on any atom is 0.100 e. The van der Waals surface area contributed by atoms with Crippen molar-refractivity contribution in [1.29, 1.82) is 0 Å². The Hall–Kier alpha value is -2.83. The van der Waals surface area contributed by atoms with Crippen LogP contribution in [0.5, 0.6) is 0 Å². The third-order valence-corrected chi connectivity index (χ3v) is 7.84. The molecule has 0 radical (unpaired) electrons. The minimum Gasteiger partial charge on any atom is -0.400 e. The van der Waals surface area contributed by atoms with Crippen LogP contribution in [0.3, 0.4) is 0 Å². The van der Waals surface area contributed by atoms with E-state index in [1.807, 2.05) is 33.0 Å². The Morgan fingerprint density at radius 2 is 2.03 bits per heavy atom. The van der Waals surface area contributed by atoms with Gasteiger partial charge in [-0.25, -0.2) is 0 Å². The van der Waals surface area contributed by atoms with E-state index in [2.05, 4.69) is 48.0 Å². The first kappa shape index (κ1) is 27.2. The number of ether oxygens (including phenoxy) is 1. The number of rotatable bonds is 9. The molecule has 0 saturated carbocycles. The van der Waals surface area contributed by atoms with Crippen LogP contribution in [-0.2, 0) is 11.2 Å². The average molecular weight is 505 g/mol. The number of nitrogens with one attached hydrogen (secondary N) is 1. The molecule has 1 aromatic rings. The number of hydrogen-bond donors (Lipinski definition) is 3. The fraction of sp³-hybridized carbons (Fsp3) is 0.516. The van der Waals surface area contributed by atoms with E-state index in [9.17, 15) is 5.11 Å². The molecule has 1 unspecified atom stereocenters. The molecule has 37 heavy (non-hydrogen) atoms. The Morgan fingerprint density at radius 1 is 1.27 bits per heavy atom. The smallest absolute Gasteiger partial charge is 0.100 e. The Kier molecular flexibility index (Phi) is 8.93. The first-order valence-electron chi connectivity index (χ1n) is 13.7. The lowest BCUT2D eigenvalue weighted by atomic mass is 9.97. The van der Waals surface area contributed by atoms with E-state index in [0.29, 0.717) is 12.5 Å². The van der Waals surface area contributed by atoms with Crippen molar-refractivity contribution in [2.24, 2.45) is 16.6 Å². The van der Waals surface area contributed by atoms with Gasteiger partial charge in [0.1, 0.15) is 6.10 Å². The molecule has 0 spiro atoms. The number of nitrogens with zero attached hydrogens (tertiary/aromatic N) is 2. The van der Waals surface area contributed by atoms with Crippen LogP contribution in [0, 0.1) is 5.92 Å². The summed E-state index contributed by atoms with van der Waals surface area (Å²) in [4.78, 5) is 7.13. The largest absolute Gasteiger partial charge is 0.400 e. The van der Waals surface area contributed by atoms with Gasteiger partial charge in [-0.2, -0.15) is 0 Å². The second-order valence-corrected chi connectivity index (χ2v) is 10.9. The van der Waals surface area contributed by atoms with Crippen molar-refractivity contribution in [1.82, 2.24) is 10.2 Å². The molecule has 1 aromatic carbocycles. The number of aliphatic hydroxyl groups is 1. The van der Waals surface area contributed by atoms with Gasteiger partial charge in [0, 0.05) is 37.3 Å². The normalized spacial score (nSPS) is 23.1. The standard InChI is InChI=1S/C31H44N4O2/c1-20(2)37-31-12-9-25(17-29(31)32)22(4)33-18-21(3)26-7-6-8-28-27(26)10-11-30(28)34-23(5)35-15-13-24(19-36)14-16-35/h6-9,17-18,20,24,30-31,34,36H,5,10-16,19,32H2,1-4H3/b21-18+,33-22?/t30-,31?/m0/s1. The highest BCUT2D eigenvalue weighted by molar-refractivity contribution is 6.01. The SMILES string of the molecule is C=C(N[C@H]1CCc2c(/C(C)=C/N=C(C)C3=CCC(OC(C)C)C(N)=C3)cccc21)N1CCC(CO)CC1. The van der Waals surface area contributed by atoms with Crippen molar-refractivity contribution in [2.45, 2.75) is 78.0 Å². The quantitative estimate of drug-likeness (QED) is 0.401. The Bertz CT molecular complexity index is 1110. The van der Waals surface area contributed by atoms with Crippen molar-refractivity contribution in [3.8, 4) is 0 Å². The first-order valence-corrected chi connectivity index (χ1v) is 13.7. The Morgan fingerprint density at radius 3 is 2.70 bits per heavy atom. The molecule has 1 saturated heterocycles. The van der Waals surface area contributed by atoms with Gasteiger partial charge in [0.15, 0.2) is 0 Å². The van der Waals surface area contributed by atoms with Crippen LogP contribution >= 0.6 is 0 Å². The minimum atomic E-state index is -0.0502. The molecule has 3 aliphatic rings. The van der Waals surface area contributed by atoms with Crippen LogP contribution in [0.2, 0.25) is 0 Å². The van der Waals surface area contributed by atoms with Gasteiger partial charge in [0.25, 0.3) is 0 Å². The molecule has 2 atom stereocenters. The molecule has 0 bridgehead atoms. The van der Waals surface area contributed by atoms with Crippen molar-refractivity contribution < 1.29 is 9.84 Å². The molecule has 6 heteroatoms. The van der Waals surface area contributed by atoms with Gasteiger partial charge in [0.2, 0.25) is 0 Å². The zero-order valence-electron chi connectivity index (χ0n) is 23.0. The second-order valence-electron chi connectivity index (χ2n) is 10.9.